The Kier molecular flexibility index (Phi) is 3.62. The Bertz CT molecular complexity index is 1820. The molecule has 0 aliphatic rings. The third kappa shape index (κ3) is 2.38. The number of thiophene rings is 1. The van der Waals surface area contributed by atoms with E-state index in [0.29, 0.717) is 11.7 Å². The van der Waals surface area contributed by atoms with Gasteiger partial charge in [0.05, 0.1) is 15.8 Å². The number of hydrogen-bond acceptors (Lipinski definition) is 4. The Hall–Kier alpha value is -3.63. The van der Waals surface area contributed by atoms with Crippen molar-refractivity contribution in [2.75, 3.05) is 0 Å². The third-order valence-electron chi connectivity index (χ3n) is 6.34. The highest BCUT2D eigenvalue weighted by molar-refractivity contribution is 7.26. The average Bonchev–Trinajstić information content (AvgIpc) is 3.47. The minimum Gasteiger partial charge on any atom is -0.425 e. The lowest BCUT2D eigenvalue weighted by atomic mass is 9.93. The maximum absolute atomic E-state index is 6.27. The van der Waals surface area contributed by atoms with Crippen LogP contribution < -0.4 is 0 Å². The van der Waals surface area contributed by atoms with Crippen LogP contribution in [0.25, 0.3) is 64.5 Å². The van der Waals surface area contributed by atoms with Crippen molar-refractivity contribution in [1.29, 1.82) is 0 Å². The molecule has 0 radical (unpaired) electrons. The first-order valence-corrected chi connectivity index (χ1v) is 11.6. The van der Waals surface area contributed by atoms with Gasteiger partial charge >= 0.3 is 0 Å². The number of rotatable bonds is 2. The fourth-order valence-electron chi connectivity index (χ4n) is 4.87. The quantitative estimate of drug-likeness (QED) is 0.273. The number of benzene rings is 3. The lowest BCUT2D eigenvalue weighted by Gasteiger charge is -2.11. The van der Waals surface area contributed by atoms with Gasteiger partial charge in [0.1, 0.15) is 11.2 Å². The Balaban J connectivity index is 1.58. The van der Waals surface area contributed by atoms with Crippen molar-refractivity contribution in [3.8, 4) is 11.3 Å². The Morgan fingerprint density at radius 3 is 2.44 bits per heavy atom. The first-order valence-electron chi connectivity index (χ1n) is 10.8. The molecule has 4 aromatic heterocycles. The number of aromatic nitrogens is 1. The smallest absolute Gasteiger partial charge is 0.299 e. The highest BCUT2D eigenvalue weighted by Crippen LogP contribution is 2.44. The van der Waals surface area contributed by atoms with Gasteiger partial charge in [-0.05, 0) is 41.8 Å². The van der Waals surface area contributed by atoms with Gasteiger partial charge in [0.2, 0.25) is 0 Å². The van der Waals surface area contributed by atoms with Crippen molar-refractivity contribution in [1.82, 2.24) is 4.98 Å². The molecule has 32 heavy (non-hydrogen) atoms. The van der Waals surface area contributed by atoms with Crippen molar-refractivity contribution in [3.05, 3.63) is 78.5 Å². The molecular weight excluding hydrogens is 414 g/mol. The van der Waals surface area contributed by atoms with Crippen molar-refractivity contribution >= 4 is 64.6 Å². The van der Waals surface area contributed by atoms with Crippen molar-refractivity contribution in [2.24, 2.45) is 0 Å². The molecule has 3 nitrogen and oxygen atoms in total. The molecule has 4 heteroatoms. The van der Waals surface area contributed by atoms with Gasteiger partial charge in [0, 0.05) is 38.0 Å². The Labute approximate surface area is 187 Å². The van der Waals surface area contributed by atoms with Crippen LogP contribution in [0.5, 0.6) is 0 Å². The van der Waals surface area contributed by atoms with Gasteiger partial charge in [-0.2, -0.15) is 0 Å². The molecule has 0 bridgehead atoms. The molecule has 0 atom stereocenters. The fraction of sp³-hybridized carbons (Fsp3) is 0.107. The van der Waals surface area contributed by atoms with Crippen LogP contribution in [-0.2, 0) is 0 Å². The van der Waals surface area contributed by atoms with E-state index in [1.165, 1.54) is 25.7 Å². The lowest BCUT2D eigenvalue weighted by molar-refractivity contribution is 0.524. The summed E-state index contributed by atoms with van der Waals surface area (Å²) in [7, 11) is 0. The van der Waals surface area contributed by atoms with E-state index >= 15 is 0 Å². The molecule has 154 valence electrons. The van der Waals surface area contributed by atoms with Crippen LogP contribution in [0.2, 0.25) is 0 Å². The summed E-state index contributed by atoms with van der Waals surface area (Å²) in [5.74, 6) is 0.918. The maximum atomic E-state index is 6.27. The summed E-state index contributed by atoms with van der Waals surface area (Å²) in [6.07, 6.45) is 1.91. The molecule has 0 saturated heterocycles. The monoisotopic (exact) mass is 433 g/mol. The van der Waals surface area contributed by atoms with E-state index < -0.39 is 0 Å². The van der Waals surface area contributed by atoms with Crippen LogP contribution in [0.4, 0.5) is 0 Å². The molecule has 4 heterocycles. The zero-order valence-corrected chi connectivity index (χ0v) is 18.5. The van der Waals surface area contributed by atoms with Gasteiger partial charge in [-0.1, -0.05) is 50.2 Å². The fourth-order valence-corrected chi connectivity index (χ4v) is 6.08. The topological polar surface area (TPSA) is 39.2 Å². The number of fused-ring (bicyclic) bond motifs is 8. The van der Waals surface area contributed by atoms with E-state index in [1.807, 2.05) is 24.4 Å². The van der Waals surface area contributed by atoms with Crippen LogP contribution in [0, 0.1) is 0 Å². The average molecular weight is 434 g/mol. The van der Waals surface area contributed by atoms with E-state index in [4.69, 9.17) is 13.8 Å². The summed E-state index contributed by atoms with van der Waals surface area (Å²) < 4.78 is 14.8. The molecule has 7 aromatic rings. The molecule has 0 spiro atoms. The highest BCUT2D eigenvalue weighted by atomic mass is 32.1. The molecule has 0 aliphatic carbocycles. The molecule has 0 saturated carbocycles. The Morgan fingerprint density at radius 2 is 1.56 bits per heavy atom. The lowest BCUT2D eigenvalue weighted by Crippen LogP contribution is -1.91. The SMILES string of the molecule is CC(C)c1cc(-c2nccc3c2sc2ccccc23)cc2oc3oc4ccccc4c3c12. The van der Waals surface area contributed by atoms with E-state index in [1.54, 1.807) is 11.3 Å². The van der Waals surface area contributed by atoms with Gasteiger partial charge in [-0.15, -0.1) is 11.3 Å². The molecule has 3 aromatic carbocycles. The summed E-state index contributed by atoms with van der Waals surface area (Å²) in [6.45, 7) is 4.46. The van der Waals surface area contributed by atoms with Crippen LogP contribution in [0.3, 0.4) is 0 Å². The molecule has 0 fully saturated rings. The largest absolute Gasteiger partial charge is 0.425 e. The summed E-state index contributed by atoms with van der Waals surface area (Å²) in [5, 5.41) is 5.84. The van der Waals surface area contributed by atoms with Crippen LogP contribution in [0.1, 0.15) is 25.3 Å². The summed E-state index contributed by atoms with van der Waals surface area (Å²) in [4.78, 5) is 4.82. The van der Waals surface area contributed by atoms with Crippen LogP contribution >= 0.6 is 11.3 Å². The molecule has 0 aliphatic heterocycles. The van der Waals surface area contributed by atoms with Gasteiger partial charge in [-0.3, -0.25) is 4.98 Å². The normalized spacial score (nSPS) is 12.3. The van der Waals surface area contributed by atoms with E-state index in [2.05, 4.69) is 62.4 Å². The van der Waals surface area contributed by atoms with E-state index in [0.717, 1.165) is 38.6 Å². The van der Waals surface area contributed by atoms with Crippen LogP contribution in [0.15, 0.2) is 81.8 Å². The molecule has 7 rings (SSSR count). The maximum Gasteiger partial charge on any atom is 0.299 e. The van der Waals surface area contributed by atoms with Crippen molar-refractivity contribution < 1.29 is 8.83 Å². The Morgan fingerprint density at radius 1 is 0.781 bits per heavy atom. The first-order chi connectivity index (χ1) is 15.7. The highest BCUT2D eigenvalue weighted by Gasteiger charge is 2.22. The summed E-state index contributed by atoms with van der Waals surface area (Å²) >= 11 is 1.80. The number of furan rings is 2. The number of para-hydroxylation sites is 1. The minimum absolute atomic E-state index is 0.327. The van der Waals surface area contributed by atoms with E-state index in [9.17, 15) is 0 Å². The molecule has 0 amide bonds. The second-order valence-corrected chi connectivity index (χ2v) is 9.64. The molecular formula is C28H19NO2S. The number of nitrogens with zero attached hydrogens (tertiary/aromatic N) is 1. The van der Waals surface area contributed by atoms with Gasteiger partial charge in [0.15, 0.2) is 0 Å². The van der Waals surface area contributed by atoms with Gasteiger partial charge in [0.25, 0.3) is 5.78 Å². The predicted octanol–water partition coefficient (Wildman–Crippen LogP) is 8.89. The third-order valence-corrected chi connectivity index (χ3v) is 7.53. The second kappa shape index (κ2) is 6.44. The first kappa shape index (κ1) is 18.0. The minimum atomic E-state index is 0.327. The van der Waals surface area contributed by atoms with Crippen molar-refractivity contribution in [2.45, 2.75) is 19.8 Å². The second-order valence-electron chi connectivity index (χ2n) is 8.59. The molecule has 0 unspecified atom stereocenters. The summed E-state index contributed by atoms with van der Waals surface area (Å²) in [6, 6.07) is 23.2. The number of pyridine rings is 1. The van der Waals surface area contributed by atoms with E-state index in [-0.39, 0.29) is 0 Å². The van der Waals surface area contributed by atoms with Crippen LogP contribution in [-0.4, -0.2) is 4.98 Å². The molecule has 0 N–H and O–H groups in total. The van der Waals surface area contributed by atoms with Gasteiger partial charge in [-0.25, -0.2) is 0 Å². The predicted molar refractivity (Wildman–Crippen MR) is 134 cm³/mol. The number of hydrogen-bond donors (Lipinski definition) is 0. The zero-order chi connectivity index (χ0) is 21.4. The standard InChI is InChI=1S/C28H19NO2S/c1-15(2)20-13-16(26-27-18(11-12-29-26)17-7-4-6-10-23(17)32-27)14-22-24(20)25-19-8-3-5-9-21(19)30-28(25)31-22/h3-15H,1-2H3. The zero-order valence-electron chi connectivity index (χ0n) is 17.7. The summed E-state index contributed by atoms with van der Waals surface area (Å²) in [5.41, 5.74) is 5.05. The van der Waals surface area contributed by atoms with Gasteiger partial charge < -0.3 is 8.83 Å². The van der Waals surface area contributed by atoms with Crippen molar-refractivity contribution in [3.63, 3.8) is 0 Å².